The summed E-state index contributed by atoms with van der Waals surface area (Å²) in [5.74, 6) is -0.411. The molecule has 0 saturated carbocycles. The monoisotopic (exact) mass is 302 g/mol. The van der Waals surface area contributed by atoms with Gasteiger partial charge in [0.15, 0.2) is 11.5 Å². The molecule has 2 atom stereocenters. The molecule has 1 amide bonds. The number of aromatic nitrogens is 2. The zero-order chi connectivity index (χ0) is 15.7. The number of rotatable bonds is 3. The molecule has 3 rings (SSSR count). The van der Waals surface area contributed by atoms with Gasteiger partial charge in [0.25, 0.3) is 5.91 Å². The Morgan fingerprint density at radius 3 is 2.55 bits per heavy atom. The fourth-order valence-electron chi connectivity index (χ4n) is 2.68. The highest BCUT2D eigenvalue weighted by molar-refractivity contribution is 5.90. The normalized spacial score (nSPS) is 21.1. The third-order valence-corrected chi connectivity index (χ3v) is 3.73. The number of benzene rings is 1. The van der Waals surface area contributed by atoms with Crippen molar-refractivity contribution in [2.75, 3.05) is 11.4 Å². The second-order valence-electron chi connectivity index (χ2n) is 5.25. The van der Waals surface area contributed by atoms with Crippen LogP contribution in [-0.2, 0) is 0 Å². The Labute approximate surface area is 126 Å². The highest BCUT2D eigenvalue weighted by Crippen LogP contribution is 2.35. The van der Waals surface area contributed by atoms with Crippen LogP contribution in [0.15, 0.2) is 36.4 Å². The molecule has 0 aliphatic carbocycles. The summed E-state index contributed by atoms with van der Waals surface area (Å²) in [6.45, 7) is 0.395. The first-order valence-electron chi connectivity index (χ1n) is 6.88. The molecule has 2 heterocycles. The van der Waals surface area contributed by atoms with E-state index in [0.29, 0.717) is 18.8 Å². The maximum Gasteiger partial charge on any atom is 0.269 e. The molecule has 1 aliphatic heterocycles. The lowest BCUT2D eigenvalue weighted by Crippen LogP contribution is -2.26. The van der Waals surface area contributed by atoms with Crippen LogP contribution in [0.25, 0.3) is 0 Å². The maximum absolute atomic E-state index is 13.1. The van der Waals surface area contributed by atoms with E-state index in [0.717, 1.165) is 5.56 Å². The number of aliphatic hydroxyl groups is 1. The number of nitrogens with zero attached hydrogens (tertiary/aromatic N) is 3. The fourth-order valence-corrected chi connectivity index (χ4v) is 2.68. The minimum absolute atomic E-state index is 0.0850. The van der Waals surface area contributed by atoms with Gasteiger partial charge in [-0.1, -0.05) is 12.1 Å². The highest BCUT2D eigenvalue weighted by Gasteiger charge is 2.33. The Kier molecular flexibility index (Phi) is 3.72. The minimum Gasteiger partial charge on any atom is -0.391 e. The summed E-state index contributed by atoms with van der Waals surface area (Å²) in [7, 11) is 0. The predicted octanol–water partition coefficient (Wildman–Crippen LogP) is 1.03. The Morgan fingerprint density at radius 1 is 1.23 bits per heavy atom. The van der Waals surface area contributed by atoms with Crippen LogP contribution in [0, 0.1) is 5.82 Å². The standard InChI is InChI=1S/C15H15FN4O2/c16-10-3-1-9(2-4-10)13-7-11(21)8-20(13)14-6-5-12(15(17)22)18-19-14/h1-6,11,13,21H,7-8H2,(H2,17,22)/t11-,13-/m0/s1. The molecule has 3 N–H and O–H groups in total. The van der Waals surface area contributed by atoms with Crippen molar-refractivity contribution in [1.29, 1.82) is 0 Å². The Balaban J connectivity index is 1.90. The molecule has 6 nitrogen and oxygen atoms in total. The molecule has 1 saturated heterocycles. The molecule has 1 aromatic heterocycles. The number of carbonyl (C=O) groups excluding carboxylic acids is 1. The average Bonchev–Trinajstić information content (AvgIpc) is 2.90. The lowest BCUT2D eigenvalue weighted by atomic mass is 10.0. The molecule has 1 aliphatic rings. The van der Waals surface area contributed by atoms with E-state index in [9.17, 15) is 14.3 Å². The van der Waals surface area contributed by atoms with Gasteiger partial charge in [0, 0.05) is 6.54 Å². The number of amides is 1. The number of nitrogens with two attached hydrogens (primary N) is 1. The summed E-state index contributed by atoms with van der Waals surface area (Å²) in [4.78, 5) is 12.9. The first-order chi connectivity index (χ1) is 10.5. The zero-order valence-corrected chi connectivity index (χ0v) is 11.7. The number of β-amino-alcohol motifs (C(OH)–C–C–N with tert-alkyl or cyclic N) is 1. The van der Waals surface area contributed by atoms with Gasteiger partial charge in [0.1, 0.15) is 5.82 Å². The van der Waals surface area contributed by atoms with E-state index in [1.54, 1.807) is 18.2 Å². The van der Waals surface area contributed by atoms with Crippen molar-refractivity contribution in [3.05, 3.63) is 53.5 Å². The molecule has 0 bridgehead atoms. The summed E-state index contributed by atoms with van der Waals surface area (Å²) in [5, 5.41) is 17.7. The van der Waals surface area contributed by atoms with Crippen LogP contribution in [0.1, 0.15) is 28.5 Å². The number of halogens is 1. The van der Waals surface area contributed by atoms with Crippen molar-refractivity contribution < 1.29 is 14.3 Å². The number of hydrogen-bond acceptors (Lipinski definition) is 5. The van der Waals surface area contributed by atoms with Crippen molar-refractivity contribution >= 4 is 11.7 Å². The molecule has 22 heavy (non-hydrogen) atoms. The molecule has 1 aromatic carbocycles. The summed E-state index contributed by atoms with van der Waals surface area (Å²) in [6.07, 6.45) is 0.0119. The van der Waals surface area contributed by atoms with Gasteiger partial charge in [0.2, 0.25) is 0 Å². The lowest BCUT2D eigenvalue weighted by Gasteiger charge is -2.25. The van der Waals surface area contributed by atoms with Gasteiger partial charge >= 0.3 is 0 Å². The largest absolute Gasteiger partial charge is 0.391 e. The third-order valence-electron chi connectivity index (χ3n) is 3.73. The van der Waals surface area contributed by atoms with Crippen LogP contribution in [0.2, 0.25) is 0 Å². The first kappa shape index (κ1) is 14.4. The van der Waals surface area contributed by atoms with E-state index in [4.69, 9.17) is 5.73 Å². The molecule has 7 heteroatoms. The van der Waals surface area contributed by atoms with Crippen molar-refractivity contribution in [3.8, 4) is 0 Å². The zero-order valence-electron chi connectivity index (χ0n) is 11.7. The molecule has 0 spiro atoms. The number of anilines is 1. The van der Waals surface area contributed by atoms with Crippen LogP contribution in [-0.4, -0.2) is 33.9 Å². The van der Waals surface area contributed by atoms with E-state index in [1.807, 2.05) is 4.90 Å². The Hall–Kier alpha value is -2.54. The van der Waals surface area contributed by atoms with E-state index < -0.39 is 12.0 Å². The maximum atomic E-state index is 13.1. The van der Waals surface area contributed by atoms with Crippen molar-refractivity contribution in [2.24, 2.45) is 5.73 Å². The van der Waals surface area contributed by atoms with Gasteiger partial charge in [-0.25, -0.2) is 4.39 Å². The van der Waals surface area contributed by atoms with E-state index >= 15 is 0 Å². The van der Waals surface area contributed by atoms with Crippen molar-refractivity contribution in [1.82, 2.24) is 10.2 Å². The van der Waals surface area contributed by atoms with E-state index in [2.05, 4.69) is 10.2 Å². The first-order valence-corrected chi connectivity index (χ1v) is 6.88. The van der Waals surface area contributed by atoms with Gasteiger partial charge in [-0.15, -0.1) is 10.2 Å². The number of aliphatic hydroxyl groups excluding tert-OH is 1. The van der Waals surface area contributed by atoms with Crippen LogP contribution in [0.3, 0.4) is 0 Å². The second kappa shape index (κ2) is 5.69. The molecule has 0 unspecified atom stereocenters. The second-order valence-corrected chi connectivity index (χ2v) is 5.25. The van der Waals surface area contributed by atoms with Gasteiger partial charge in [-0.3, -0.25) is 4.79 Å². The van der Waals surface area contributed by atoms with E-state index in [-0.39, 0.29) is 17.6 Å². The minimum atomic E-state index is -0.643. The molecular weight excluding hydrogens is 287 g/mol. The number of carbonyl (C=O) groups is 1. The Bertz CT molecular complexity index is 675. The smallest absolute Gasteiger partial charge is 0.269 e. The number of hydrogen-bond donors (Lipinski definition) is 2. The molecule has 114 valence electrons. The average molecular weight is 302 g/mol. The van der Waals surface area contributed by atoms with Crippen LogP contribution >= 0.6 is 0 Å². The summed E-state index contributed by atoms with van der Waals surface area (Å²) in [6, 6.07) is 9.18. The SMILES string of the molecule is NC(=O)c1ccc(N2C[C@@H](O)C[C@H]2c2ccc(F)cc2)nn1. The molecule has 0 radical (unpaired) electrons. The van der Waals surface area contributed by atoms with Gasteiger partial charge in [-0.2, -0.15) is 0 Å². The highest BCUT2D eigenvalue weighted by atomic mass is 19.1. The summed E-state index contributed by atoms with van der Waals surface area (Å²) >= 11 is 0. The van der Waals surface area contributed by atoms with Gasteiger partial charge < -0.3 is 15.7 Å². The fraction of sp³-hybridized carbons (Fsp3) is 0.267. The van der Waals surface area contributed by atoms with Crippen LogP contribution < -0.4 is 10.6 Å². The van der Waals surface area contributed by atoms with Crippen molar-refractivity contribution in [3.63, 3.8) is 0 Å². The summed E-state index contributed by atoms with van der Waals surface area (Å²) in [5.41, 5.74) is 6.11. The number of primary amides is 1. The van der Waals surface area contributed by atoms with Crippen molar-refractivity contribution in [2.45, 2.75) is 18.6 Å². The third kappa shape index (κ3) is 2.75. The molecule has 1 fully saturated rings. The molecule has 2 aromatic rings. The van der Waals surface area contributed by atoms with Crippen LogP contribution in [0.4, 0.5) is 10.2 Å². The lowest BCUT2D eigenvalue weighted by molar-refractivity contribution is 0.0994. The molecular formula is C15H15FN4O2. The predicted molar refractivity (Wildman–Crippen MR) is 77.7 cm³/mol. The quantitative estimate of drug-likeness (QED) is 0.883. The van der Waals surface area contributed by atoms with Gasteiger partial charge in [0.05, 0.1) is 12.1 Å². The topological polar surface area (TPSA) is 92.3 Å². The Morgan fingerprint density at radius 2 is 1.95 bits per heavy atom. The van der Waals surface area contributed by atoms with Crippen LogP contribution in [0.5, 0.6) is 0 Å². The summed E-state index contributed by atoms with van der Waals surface area (Å²) < 4.78 is 13.1. The van der Waals surface area contributed by atoms with Gasteiger partial charge in [-0.05, 0) is 36.2 Å². The van der Waals surface area contributed by atoms with E-state index in [1.165, 1.54) is 18.2 Å².